The molecule has 0 saturated heterocycles. The van der Waals surface area contributed by atoms with Crippen LogP contribution in [-0.2, 0) is 5.41 Å². The third kappa shape index (κ3) is 3.55. The Morgan fingerprint density at radius 1 is 0.556 bits per heavy atom. The van der Waals surface area contributed by atoms with Crippen LogP contribution >= 0.6 is 11.3 Å². The van der Waals surface area contributed by atoms with E-state index in [-0.39, 0.29) is 5.41 Å². The number of para-hydroxylation sites is 1. The number of fused-ring (bicyclic) bond motifs is 9. The van der Waals surface area contributed by atoms with Crippen LogP contribution in [0.1, 0.15) is 36.1 Å². The molecule has 3 nitrogen and oxygen atoms in total. The van der Waals surface area contributed by atoms with E-state index in [4.69, 9.17) is 0 Å². The first-order chi connectivity index (χ1) is 22.0. The predicted molar refractivity (Wildman–Crippen MR) is 186 cm³/mol. The van der Waals surface area contributed by atoms with Gasteiger partial charge in [0.25, 0.3) is 0 Å². The molecule has 2 heterocycles. The van der Waals surface area contributed by atoms with Crippen LogP contribution in [0.2, 0.25) is 0 Å². The molecule has 9 rings (SSSR count). The van der Waals surface area contributed by atoms with Gasteiger partial charge in [0.05, 0.1) is 40.0 Å². The highest BCUT2D eigenvalue weighted by Gasteiger charge is 2.35. The summed E-state index contributed by atoms with van der Waals surface area (Å²) in [5.74, 6) is 0. The SMILES string of the molecule is CC1(C)c2ccccc2-c2cc3c(cc21)sc1cc(-c2cc(C#N)ccc2-n2c4ccccc4c4cc(C#N)ccc42)ccc13. The molecule has 4 heteroatoms. The van der Waals surface area contributed by atoms with Crippen molar-refractivity contribution in [1.29, 1.82) is 10.5 Å². The van der Waals surface area contributed by atoms with Gasteiger partial charge in [0, 0.05) is 41.9 Å². The van der Waals surface area contributed by atoms with Crippen molar-refractivity contribution in [1.82, 2.24) is 4.57 Å². The molecule has 1 aliphatic rings. The second-order valence-electron chi connectivity index (χ2n) is 12.4. The first-order valence-corrected chi connectivity index (χ1v) is 15.9. The first kappa shape index (κ1) is 25.8. The lowest BCUT2D eigenvalue weighted by Gasteiger charge is -2.21. The van der Waals surface area contributed by atoms with Gasteiger partial charge in [-0.2, -0.15) is 10.5 Å². The quantitative estimate of drug-likeness (QED) is 0.201. The van der Waals surface area contributed by atoms with Gasteiger partial charge in [0.1, 0.15) is 0 Å². The summed E-state index contributed by atoms with van der Waals surface area (Å²) in [5, 5.41) is 24.2. The van der Waals surface area contributed by atoms with Gasteiger partial charge in [-0.1, -0.05) is 68.4 Å². The zero-order valence-electron chi connectivity index (χ0n) is 24.7. The first-order valence-electron chi connectivity index (χ1n) is 15.0. The highest BCUT2D eigenvalue weighted by atomic mass is 32.1. The maximum absolute atomic E-state index is 9.91. The molecule has 0 saturated carbocycles. The van der Waals surface area contributed by atoms with Crippen molar-refractivity contribution < 1.29 is 0 Å². The lowest BCUT2D eigenvalue weighted by molar-refractivity contribution is 0.661. The van der Waals surface area contributed by atoms with Gasteiger partial charge in [-0.15, -0.1) is 11.3 Å². The topological polar surface area (TPSA) is 52.5 Å². The van der Waals surface area contributed by atoms with E-state index in [1.54, 1.807) is 0 Å². The minimum atomic E-state index is -0.0373. The summed E-state index contributed by atoms with van der Waals surface area (Å²) in [6.45, 7) is 4.66. The maximum Gasteiger partial charge on any atom is 0.0991 e. The summed E-state index contributed by atoms with van der Waals surface area (Å²) in [6.07, 6.45) is 0. The molecule has 0 unspecified atom stereocenters. The van der Waals surface area contributed by atoms with Gasteiger partial charge in [-0.3, -0.25) is 0 Å². The molecule has 0 amide bonds. The highest BCUT2D eigenvalue weighted by molar-refractivity contribution is 7.25. The van der Waals surface area contributed by atoms with Crippen molar-refractivity contribution in [2.45, 2.75) is 19.3 Å². The molecule has 45 heavy (non-hydrogen) atoms. The van der Waals surface area contributed by atoms with E-state index in [0.29, 0.717) is 11.1 Å². The number of benzene rings is 6. The molecule has 6 aromatic carbocycles. The van der Waals surface area contributed by atoms with Crippen LogP contribution in [0, 0.1) is 22.7 Å². The maximum atomic E-state index is 9.91. The number of hydrogen-bond acceptors (Lipinski definition) is 3. The Hall–Kier alpha value is -5.68. The molecule has 0 N–H and O–H groups in total. The zero-order chi connectivity index (χ0) is 30.4. The van der Waals surface area contributed by atoms with Gasteiger partial charge in [-0.05, 0) is 88.5 Å². The van der Waals surface area contributed by atoms with Gasteiger partial charge in [0.15, 0.2) is 0 Å². The monoisotopic (exact) mass is 591 g/mol. The van der Waals surface area contributed by atoms with Gasteiger partial charge < -0.3 is 4.57 Å². The molecule has 0 atom stereocenters. The van der Waals surface area contributed by atoms with Crippen molar-refractivity contribution >= 4 is 53.3 Å². The van der Waals surface area contributed by atoms with E-state index in [1.165, 1.54) is 42.4 Å². The fourth-order valence-corrected chi connectivity index (χ4v) is 8.64. The minimum Gasteiger partial charge on any atom is -0.309 e. The Bertz CT molecular complexity index is 2650. The van der Waals surface area contributed by atoms with E-state index in [2.05, 4.69) is 103 Å². The molecule has 1 aliphatic carbocycles. The van der Waals surface area contributed by atoms with E-state index < -0.39 is 0 Å². The summed E-state index contributed by atoms with van der Waals surface area (Å²) < 4.78 is 4.79. The summed E-state index contributed by atoms with van der Waals surface area (Å²) in [4.78, 5) is 0. The third-order valence-electron chi connectivity index (χ3n) is 9.65. The summed E-state index contributed by atoms with van der Waals surface area (Å²) in [7, 11) is 0. The standard InChI is InChI=1S/C41H25N3S/c1-41(2)34-9-5-3-7-27(34)31-20-33-29-14-13-26(19-39(29)45-40(33)21-35(31)41)30-17-24(22-42)11-15-37(30)44-36-10-6-4-8-28(36)32-18-25(23-43)12-16-38(32)44/h3-21H,1-2H3. The van der Waals surface area contributed by atoms with Crippen molar-refractivity contribution in [3.63, 3.8) is 0 Å². The number of nitriles is 2. The number of nitrogens with zero attached hydrogens (tertiary/aromatic N) is 3. The van der Waals surface area contributed by atoms with Crippen LogP contribution in [-0.4, -0.2) is 4.57 Å². The van der Waals surface area contributed by atoms with E-state index in [1.807, 2.05) is 53.8 Å². The van der Waals surface area contributed by atoms with Crippen LogP contribution in [0.25, 0.3) is 69.9 Å². The van der Waals surface area contributed by atoms with E-state index >= 15 is 0 Å². The fourth-order valence-electron chi connectivity index (χ4n) is 7.47. The molecular formula is C41H25N3S. The average Bonchev–Trinajstić information content (AvgIpc) is 3.68. The predicted octanol–water partition coefficient (Wildman–Crippen LogP) is 10.9. The molecule has 0 aliphatic heterocycles. The molecule has 8 aromatic rings. The fraction of sp³-hybridized carbons (Fsp3) is 0.0732. The number of thiophene rings is 1. The van der Waals surface area contributed by atoms with Crippen molar-refractivity contribution in [2.75, 3.05) is 0 Å². The molecular weight excluding hydrogens is 567 g/mol. The Morgan fingerprint density at radius 2 is 1.29 bits per heavy atom. The zero-order valence-corrected chi connectivity index (χ0v) is 25.5. The second kappa shape index (κ2) is 9.16. The van der Waals surface area contributed by atoms with Crippen LogP contribution in [0.15, 0.2) is 115 Å². The van der Waals surface area contributed by atoms with Gasteiger partial charge in [-0.25, -0.2) is 0 Å². The molecule has 0 spiro atoms. The van der Waals surface area contributed by atoms with Crippen molar-refractivity contribution in [3.8, 4) is 40.1 Å². The van der Waals surface area contributed by atoms with E-state index in [9.17, 15) is 10.5 Å². The van der Waals surface area contributed by atoms with E-state index in [0.717, 1.165) is 38.6 Å². The summed E-state index contributed by atoms with van der Waals surface area (Å²) in [5.41, 5.74) is 11.8. The number of rotatable bonds is 2. The second-order valence-corrected chi connectivity index (χ2v) is 13.5. The Labute approximate surface area is 264 Å². The highest BCUT2D eigenvalue weighted by Crippen LogP contribution is 2.51. The van der Waals surface area contributed by atoms with Gasteiger partial charge in [0.2, 0.25) is 0 Å². The summed E-state index contributed by atoms with van der Waals surface area (Å²) >= 11 is 1.84. The molecule has 210 valence electrons. The number of hydrogen-bond donors (Lipinski definition) is 0. The van der Waals surface area contributed by atoms with Gasteiger partial charge >= 0.3 is 0 Å². The van der Waals surface area contributed by atoms with Crippen LogP contribution in [0.5, 0.6) is 0 Å². The van der Waals surface area contributed by atoms with Crippen molar-refractivity contribution in [2.24, 2.45) is 0 Å². The molecule has 0 radical (unpaired) electrons. The summed E-state index contributed by atoms with van der Waals surface area (Å²) in [6, 6.07) is 45.1. The van der Waals surface area contributed by atoms with Crippen LogP contribution < -0.4 is 0 Å². The van der Waals surface area contributed by atoms with Crippen molar-refractivity contribution in [3.05, 3.63) is 138 Å². The average molecular weight is 592 g/mol. The van der Waals surface area contributed by atoms with Crippen LogP contribution in [0.3, 0.4) is 0 Å². The molecule has 0 fully saturated rings. The lowest BCUT2D eigenvalue weighted by Crippen LogP contribution is -2.14. The third-order valence-corrected chi connectivity index (χ3v) is 10.8. The Balaban J connectivity index is 1.28. The number of aromatic nitrogens is 1. The minimum absolute atomic E-state index is 0.0373. The Morgan fingerprint density at radius 3 is 2.16 bits per heavy atom. The largest absolute Gasteiger partial charge is 0.309 e. The lowest BCUT2D eigenvalue weighted by atomic mass is 9.82. The smallest absolute Gasteiger partial charge is 0.0991 e. The Kier molecular flexibility index (Phi) is 5.25. The molecule has 0 bridgehead atoms. The normalized spacial score (nSPS) is 13.2. The molecule has 2 aromatic heterocycles. The van der Waals surface area contributed by atoms with Crippen LogP contribution in [0.4, 0.5) is 0 Å².